The molecule has 600 valence electrons. The molecule has 0 amide bonds. The Hall–Kier alpha value is -14.9. The van der Waals surface area contributed by atoms with E-state index >= 15 is 26.3 Å². The first-order chi connectivity index (χ1) is 59.2. The first-order valence-corrected chi connectivity index (χ1v) is 39.2. The van der Waals surface area contributed by atoms with Gasteiger partial charge in [-0.15, -0.1) is 0 Å². The van der Waals surface area contributed by atoms with Crippen LogP contribution in [0.4, 0.5) is 52.7 Å². The molecule has 0 unspecified atom stereocenters. The molecule has 0 spiro atoms. The van der Waals surface area contributed by atoms with Crippen molar-refractivity contribution in [2.45, 2.75) is 45.5 Å². The van der Waals surface area contributed by atoms with Crippen LogP contribution in [0.3, 0.4) is 0 Å². The van der Waals surface area contributed by atoms with Gasteiger partial charge in [0.1, 0.15) is 0 Å². The van der Waals surface area contributed by atoms with E-state index in [-0.39, 0.29) is 39.4 Å². The van der Waals surface area contributed by atoms with E-state index in [4.69, 9.17) is 29.9 Å². The van der Waals surface area contributed by atoms with Gasteiger partial charge < -0.3 is 9.13 Å². The Morgan fingerprint density at radius 3 is 0.886 bits per heavy atom. The van der Waals surface area contributed by atoms with Crippen LogP contribution in [0.5, 0.6) is 0 Å². The third kappa shape index (κ3) is 14.9. The number of alkyl halides is 12. The van der Waals surface area contributed by atoms with Gasteiger partial charge in [0.2, 0.25) is 0 Å². The second-order valence-corrected chi connectivity index (χ2v) is 30.4. The molecular formula is C103H64F12N8. The van der Waals surface area contributed by atoms with E-state index in [1.165, 1.54) is 37.3 Å². The molecule has 0 radical (unpaired) electrons. The topological polar surface area (TPSA) is 87.2 Å². The number of hydrogen-bond donors (Lipinski definition) is 0. The van der Waals surface area contributed by atoms with Gasteiger partial charge in [0.15, 0.2) is 34.9 Å². The van der Waals surface area contributed by atoms with Crippen molar-refractivity contribution in [3.63, 3.8) is 0 Å². The maximum atomic E-state index is 15.4. The molecule has 123 heavy (non-hydrogen) atoms. The molecule has 0 aliphatic rings. The summed E-state index contributed by atoms with van der Waals surface area (Å²) in [6.07, 6.45) is -19.8. The van der Waals surface area contributed by atoms with Crippen LogP contribution in [0, 0.1) is 20.8 Å². The Bertz CT molecular complexity index is 7270. The Morgan fingerprint density at radius 1 is 0.203 bits per heavy atom. The van der Waals surface area contributed by atoms with Crippen molar-refractivity contribution >= 4 is 43.6 Å². The molecule has 0 saturated carbocycles. The van der Waals surface area contributed by atoms with E-state index in [9.17, 15) is 26.3 Å². The van der Waals surface area contributed by atoms with Gasteiger partial charge in [-0.25, -0.2) is 29.9 Å². The molecular weight excluding hydrogens is 1580 g/mol. The van der Waals surface area contributed by atoms with Crippen molar-refractivity contribution in [1.29, 1.82) is 0 Å². The molecule has 20 heteroatoms. The number of aromatic nitrogens is 8. The highest BCUT2D eigenvalue weighted by Crippen LogP contribution is 2.49. The van der Waals surface area contributed by atoms with Crippen LogP contribution in [-0.2, 0) is 24.7 Å². The molecule has 0 aliphatic heterocycles. The number of fused-ring (bicyclic) bond motifs is 6. The van der Waals surface area contributed by atoms with Crippen LogP contribution in [0.25, 0.3) is 190 Å². The summed E-state index contributed by atoms with van der Waals surface area (Å²) >= 11 is 0. The Morgan fingerprint density at radius 2 is 0.504 bits per heavy atom. The molecule has 15 aromatic carbocycles. The molecule has 4 aromatic heterocycles. The minimum absolute atomic E-state index is 0.0725. The molecule has 0 bridgehead atoms. The van der Waals surface area contributed by atoms with E-state index in [1.54, 1.807) is 30.3 Å². The monoisotopic (exact) mass is 1640 g/mol. The second-order valence-electron chi connectivity index (χ2n) is 30.4. The maximum Gasteiger partial charge on any atom is 0.417 e. The van der Waals surface area contributed by atoms with Crippen molar-refractivity contribution in [2.75, 3.05) is 0 Å². The SMILES string of the molecule is Cc1ccc(-c2ccc3c(c2)c2cc(-c4ccc(C(F)(F)F)cc4)ccc2n3-c2ccc(-c3nc(-c4ccccc4)nc(-c4ccccc4)n3)cc2-c2cccc(-c3cc(-c4nc(-c5ccccc5)nc(-c5ccccc5)n4)ccc3-n3c4ccc(-c5ccc(C)cc5C(F)(F)F)cc4c4cc(-c5ccc(C(F)(F)F)cc5C(F)(F)F)ccc43)c2)c(C)c1. The minimum Gasteiger partial charge on any atom is -0.309 e. The normalized spacial score (nSPS) is 12.2. The average molecular weight is 1640 g/mol. The lowest BCUT2D eigenvalue weighted by Crippen LogP contribution is -2.12. The fraction of sp³-hybridized carbons (Fsp3) is 0.0680. The molecule has 0 fully saturated rings. The van der Waals surface area contributed by atoms with Crippen molar-refractivity contribution in [1.82, 2.24) is 39.0 Å². The summed E-state index contributed by atoms with van der Waals surface area (Å²) < 4.78 is 182. The van der Waals surface area contributed by atoms with Gasteiger partial charge in [0.05, 0.1) is 55.7 Å². The van der Waals surface area contributed by atoms with Crippen LogP contribution in [-0.4, -0.2) is 39.0 Å². The fourth-order valence-corrected chi connectivity index (χ4v) is 16.5. The predicted octanol–water partition coefficient (Wildman–Crippen LogP) is 29.3. The van der Waals surface area contributed by atoms with Crippen LogP contribution < -0.4 is 0 Å². The lowest BCUT2D eigenvalue weighted by Gasteiger charge is -2.19. The molecule has 19 aromatic rings. The molecule has 8 nitrogen and oxygen atoms in total. The van der Waals surface area contributed by atoms with E-state index in [2.05, 4.69) is 47.9 Å². The lowest BCUT2D eigenvalue weighted by molar-refractivity contribution is -0.143. The van der Waals surface area contributed by atoms with Crippen molar-refractivity contribution in [2.24, 2.45) is 0 Å². The summed E-state index contributed by atoms with van der Waals surface area (Å²) in [6.45, 7) is 5.63. The summed E-state index contributed by atoms with van der Waals surface area (Å²) in [7, 11) is 0. The first kappa shape index (κ1) is 78.0. The third-order valence-electron chi connectivity index (χ3n) is 22.4. The predicted molar refractivity (Wildman–Crippen MR) is 461 cm³/mol. The van der Waals surface area contributed by atoms with Crippen LogP contribution in [0.2, 0.25) is 0 Å². The Kier molecular flexibility index (Phi) is 19.3. The van der Waals surface area contributed by atoms with E-state index in [0.717, 1.165) is 79.5 Å². The number of hydrogen-bond acceptors (Lipinski definition) is 6. The average Bonchev–Trinajstić information content (AvgIpc) is 1.58. The van der Waals surface area contributed by atoms with E-state index < -0.39 is 52.5 Å². The van der Waals surface area contributed by atoms with Gasteiger partial charge in [0.25, 0.3) is 0 Å². The molecule has 19 rings (SSSR count). The van der Waals surface area contributed by atoms with Crippen LogP contribution in [0.15, 0.2) is 334 Å². The fourth-order valence-electron chi connectivity index (χ4n) is 16.5. The van der Waals surface area contributed by atoms with Gasteiger partial charge in [0, 0.05) is 66.1 Å². The number of nitrogens with zero attached hydrogens (tertiary/aromatic N) is 8. The standard InChI is InChI=1S/C103H64F12N8/c1-59-27-40-77(61(3)49-59)70-32-44-91-83(53-70)82-52-67(62-29-37-75(38-30-62)100(104,105)106)31-43-90(82)122(91)88-47-35-73(98-118-94(63-17-8-4-9-18-63)116-95(119-98)64-19-10-5-11-20-64)56-80(88)68-25-16-26-69(51-68)81-57-74(99-120-96(65-21-12-6-13-22-65)117-97(121-99)66-23-14-7-15-24-66)36-48-89(81)123-92-45-33-71(78-41-28-60(2)50-86(78)102(110,111)112)54-84(92)85-55-72(34-46-93(85)123)79-42-39-76(101(107,108)109)58-87(79)103(113,114)115/h4-58H,1-3H3. The van der Waals surface area contributed by atoms with Gasteiger partial charge in [-0.05, 0) is 203 Å². The molecule has 0 N–H and O–H groups in total. The first-order valence-electron chi connectivity index (χ1n) is 39.2. The summed E-state index contributed by atoms with van der Waals surface area (Å²) in [6, 6.07) is 95.2. The largest absolute Gasteiger partial charge is 0.417 e. The third-order valence-corrected chi connectivity index (χ3v) is 22.4. The van der Waals surface area contributed by atoms with Gasteiger partial charge in [-0.1, -0.05) is 223 Å². The van der Waals surface area contributed by atoms with Crippen molar-refractivity contribution in [3.8, 4) is 146 Å². The van der Waals surface area contributed by atoms with Gasteiger partial charge >= 0.3 is 24.7 Å². The highest BCUT2D eigenvalue weighted by Gasteiger charge is 2.40. The zero-order valence-corrected chi connectivity index (χ0v) is 65.4. The number of rotatable bonds is 14. The van der Waals surface area contributed by atoms with Crippen molar-refractivity contribution < 1.29 is 52.7 Å². The van der Waals surface area contributed by atoms with Crippen molar-refractivity contribution in [3.05, 3.63) is 373 Å². The van der Waals surface area contributed by atoms with Gasteiger partial charge in [-0.3, -0.25) is 0 Å². The van der Waals surface area contributed by atoms with Crippen LogP contribution >= 0.6 is 0 Å². The Labute approximate surface area is 696 Å². The molecule has 4 heterocycles. The zero-order chi connectivity index (χ0) is 85.0. The lowest BCUT2D eigenvalue weighted by atomic mass is 9.94. The highest BCUT2D eigenvalue weighted by molar-refractivity contribution is 6.14. The highest BCUT2D eigenvalue weighted by atomic mass is 19.4. The summed E-state index contributed by atoms with van der Waals surface area (Å²) in [4.78, 5) is 30.8. The smallest absolute Gasteiger partial charge is 0.309 e. The summed E-state index contributed by atoms with van der Waals surface area (Å²) in [5, 5.41) is 2.13. The van der Waals surface area contributed by atoms with E-state index in [0.29, 0.717) is 119 Å². The zero-order valence-electron chi connectivity index (χ0n) is 65.4. The second kappa shape index (κ2) is 30.4. The summed E-state index contributed by atoms with van der Waals surface area (Å²) in [5.74, 6) is 2.09. The number of halogens is 12. The minimum atomic E-state index is -5.29. The Balaban J connectivity index is 0.889. The maximum absolute atomic E-state index is 15.4. The van der Waals surface area contributed by atoms with Gasteiger partial charge in [-0.2, -0.15) is 52.7 Å². The number of aryl methyl sites for hydroxylation is 3. The number of benzene rings is 15. The molecule has 0 saturated heterocycles. The van der Waals surface area contributed by atoms with Crippen LogP contribution in [0.1, 0.15) is 38.9 Å². The van der Waals surface area contributed by atoms with E-state index in [1.807, 2.05) is 212 Å². The summed E-state index contributed by atoms with van der Waals surface area (Å²) in [5.41, 5.74) is 9.61. The molecule has 0 aliphatic carbocycles. The molecule has 0 atom stereocenters. The quantitative estimate of drug-likeness (QED) is 0.101.